The number of hydrogen-bond donors (Lipinski definition) is 2. The number of fused-ring (bicyclic) bond motifs is 1. The van der Waals surface area contributed by atoms with Crippen LogP contribution in [0.3, 0.4) is 0 Å². The Hall–Kier alpha value is -4.66. The van der Waals surface area contributed by atoms with Gasteiger partial charge in [-0.3, -0.25) is 9.78 Å². The highest BCUT2D eigenvalue weighted by atomic mass is 16.5. The molecule has 0 saturated heterocycles. The smallest absolute Gasteiger partial charge is 0.270 e. The number of benzene rings is 2. The van der Waals surface area contributed by atoms with Crippen LogP contribution in [-0.2, 0) is 20.0 Å². The number of anilines is 2. The third-order valence-corrected chi connectivity index (χ3v) is 6.89. The highest BCUT2D eigenvalue weighted by molar-refractivity contribution is 5.92. The Kier molecular flexibility index (Phi) is 8.10. The number of imidazole rings is 2. The Labute approximate surface area is 237 Å². The van der Waals surface area contributed by atoms with Crippen molar-refractivity contribution in [1.29, 1.82) is 0 Å². The summed E-state index contributed by atoms with van der Waals surface area (Å²) in [7, 11) is 1.99. The summed E-state index contributed by atoms with van der Waals surface area (Å²) in [5.74, 6) is 2.12. The number of aryl methyl sites for hydroxylation is 3. The van der Waals surface area contributed by atoms with Gasteiger partial charge in [-0.25, -0.2) is 9.97 Å². The molecule has 0 saturated carbocycles. The zero-order valence-corrected chi connectivity index (χ0v) is 23.4. The molecule has 3 aromatic heterocycles. The molecule has 1 amide bonds. The second-order valence-electron chi connectivity index (χ2n) is 10.1. The van der Waals surface area contributed by atoms with Gasteiger partial charge in [0.1, 0.15) is 17.2 Å². The number of carbonyl (C=O) groups excluding carboxylic acids is 1. The number of ether oxygens (including phenoxy) is 1. The lowest BCUT2D eigenvalue weighted by Gasteiger charge is -2.14. The van der Waals surface area contributed by atoms with Gasteiger partial charge in [0.15, 0.2) is 0 Å². The molecule has 5 aromatic rings. The lowest BCUT2D eigenvalue weighted by molar-refractivity contribution is 0.0947. The number of pyridine rings is 1. The van der Waals surface area contributed by atoms with Crippen LogP contribution in [0.25, 0.3) is 11.0 Å². The zero-order valence-electron chi connectivity index (χ0n) is 23.4. The van der Waals surface area contributed by atoms with Gasteiger partial charge in [-0.05, 0) is 60.2 Å². The fourth-order valence-corrected chi connectivity index (χ4v) is 4.72. The van der Waals surface area contributed by atoms with Crippen LogP contribution < -0.4 is 15.4 Å². The van der Waals surface area contributed by atoms with E-state index in [1.54, 1.807) is 30.9 Å². The van der Waals surface area contributed by atoms with Gasteiger partial charge in [0.05, 0.1) is 17.4 Å². The van der Waals surface area contributed by atoms with Crippen LogP contribution >= 0.6 is 0 Å². The zero-order chi connectivity index (χ0) is 28.1. The van der Waals surface area contributed by atoms with Crippen LogP contribution in [0.1, 0.15) is 57.6 Å². The molecule has 0 bridgehead atoms. The van der Waals surface area contributed by atoms with E-state index in [0.29, 0.717) is 29.7 Å². The maximum Gasteiger partial charge on any atom is 0.270 e. The van der Waals surface area contributed by atoms with E-state index in [-0.39, 0.29) is 8.76 Å². The molecule has 0 aliphatic heterocycles. The normalized spacial score (nSPS) is 11.2. The van der Waals surface area contributed by atoms with E-state index in [0.717, 1.165) is 42.1 Å². The van der Waals surface area contributed by atoms with Gasteiger partial charge in [-0.15, -0.1) is 0 Å². The molecule has 0 fully saturated rings. The quantitative estimate of drug-likeness (QED) is 0.181. The summed E-state index contributed by atoms with van der Waals surface area (Å²) in [6, 6.07) is 15.7. The molecule has 2 N–H and O–H groups in total. The maximum atomic E-state index is 12.6. The van der Waals surface area contributed by atoms with Crippen LogP contribution in [0.4, 0.5) is 11.6 Å². The number of hydrogen-bond acceptors (Lipinski definition) is 6. The summed E-state index contributed by atoms with van der Waals surface area (Å²) in [5.41, 5.74) is 5.83. The minimum atomic E-state index is -0.237. The first kappa shape index (κ1) is 26.9. The standard InChI is InChI=1S/C31H35N7O2.2H2/c1-5-22-7-8-23(17-26(22)21(2)3)35-31-36-27-18-24(9-10-29(27)37(31)4)40-25-11-13-33-28(19-25)30(39)34-12-6-15-38-16-14-32-20-38;;/h7-11,13-14,16-21H,5-6,12,15H2,1-4H3,(H,34,39)(H,35,36);2*1H. The second-order valence-corrected chi connectivity index (χ2v) is 10.1. The first-order valence-corrected chi connectivity index (χ1v) is 13.7. The number of amides is 1. The number of nitrogens with one attached hydrogen (secondary N) is 2. The number of rotatable bonds is 11. The fraction of sp³-hybridized carbons (Fsp3) is 0.290. The molecule has 0 aliphatic carbocycles. The van der Waals surface area contributed by atoms with Gasteiger partial charge in [0.25, 0.3) is 5.91 Å². The summed E-state index contributed by atoms with van der Waals surface area (Å²) in [6.07, 6.45) is 8.78. The van der Waals surface area contributed by atoms with E-state index in [1.807, 2.05) is 40.6 Å². The minimum Gasteiger partial charge on any atom is -0.457 e. The Morgan fingerprint density at radius 3 is 2.70 bits per heavy atom. The Balaban J connectivity index is 0.00000242. The van der Waals surface area contributed by atoms with Crippen molar-refractivity contribution in [2.75, 3.05) is 11.9 Å². The summed E-state index contributed by atoms with van der Waals surface area (Å²) < 4.78 is 10.1. The molecule has 40 heavy (non-hydrogen) atoms. The lowest BCUT2D eigenvalue weighted by Crippen LogP contribution is -2.26. The third-order valence-electron chi connectivity index (χ3n) is 6.89. The maximum absolute atomic E-state index is 12.6. The van der Waals surface area contributed by atoms with E-state index in [4.69, 9.17) is 9.72 Å². The summed E-state index contributed by atoms with van der Waals surface area (Å²) in [5, 5.41) is 6.39. The SMILES string of the molecule is CCc1ccc(Nc2nc3cc(Oc4ccnc(C(=O)NCCCn5ccnc5)c4)ccc3n2C)cc1C(C)C.[HH].[HH]. The van der Waals surface area contributed by atoms with E-state index in [1.165, 1.54) is 11.1 Å². The monoisotopic (exact) mass is 541 g/mol. The van der Waals surface area contributed by atoms with Crippen molar-refractivity contribution in [2.45, 2.75) is 46.1 Å². The molecule has 0 unspecified atom stereocenters. The highest BCUT2D eigenvalue weighted by Crippen LogP contribution is 2.30. The molecule has 9 nitrogen and oxygen atoms in total. The third kappa shape index (κ3) is 6.14. The van der Waals surface area contributed by atoms with Gasteiger partial charge in [-0.2, -0.15) is 0 Å². The number of carbonyl (C=O) groups is 1. The van der Waals surface area contributed by atoms with Crippen LogP contribution in [0.15, 0.2) is 73.4 Å². The fourth-order valence-electron chi connectivity index (χ4n) is 4.72. The van der Waals surface area contributed by atoms with Crippen molar-refractivity contribution in [2.24, 2.45) is 7.05 Å². The first-order valence-electron chi connectivity index (χ1n) is 13.7. The average molecular weight is 542 g/mol. The molecule has 210 valence electrons. The van der Waals surface area contributed by atoms with Crippen LogP contribution in [0, 0.1) is 0 Å². The van der Waals surface area contributed by atoms with Gasteiger partial charge < -0.3 is 24.5 Å². The molecule has 2 aromatic carbocycles. The van der Waals surface area contributed by atoms with Crippen molar-refractivity contribution in [3.8, 4) is 11.5 Å². The van der Waals surface area contributed by atoms with E-state index in [9.17, 15) is 4.79 Å². The summed E-state index contributed by atoms with van der Waals surface area (Å²) in [4.78, 5) is 25.7. The summed E-state index contributed by atoms with van der Waals surface area (Å²) >= 11 is 0. The number of aromatic nitrogens is 5. The Morgan fingerprint density at radius 1 is 1.07 bits per heavy atom. The predicted molar refractivity (Wildman–Crippen MR) is 162 cm³/mol. The molecule has 3 heterocycles. The van der Waals surface area contributed by atoms with Gasteiger partial charge in [0.2, 0.25) is 5.95 Å². The highest BCUT2D eigenvalue weighted by Gasteiger charge is 2.13. The molecule has 9 heteroatoms. The molecular formula is C31H39N7O2. The van der Waals surface area contributed by atoms with Gasteiger partial charge >= 0.3 is 0 Å². The minimum absolute atomic E-state index is 0. The number of nitrogens with zero attached hydrogens (tertiary/aromatic N) is 5. The predicted octanol–water partition coefficient (Wildman–Crippen LogP) is 6.70. The van der Waals surface area contributed by atoms with Gasteiger partial charge in [0, 0.05) is 59.4 Å². The van der Waals surface area contributed by atoms with E-state index >= 15 is 0 Å². The molecule has 0 radical (unpaired) electrons. The van der Waals surface area contributed by atoms with E-state index in [2.05, 4.69) is 59.6 Å². The molecule has 0 atom stereocenters. The van der Waals surface area contributed by atoms with Crippen molar-refractivity contribution >= 4 is 28.6 Å². The average Bonchev–Trinajstić information content (AvgIpc) is 3.58. The Bertz CT molecular complexity index is 1620. The van der Waals surface area contributed by atoms with Crippen LogP contribution in [0.2, 0.25) is 0 Å². The topological polar surface area (TPSA) is 98.9 Å². The largest absolute Gasteiger partial charge is 0.457 e. The van der Waals surface area contributed by atoms with Crippen LogP contribution in [0.5, 0.6) is 11.5 Å². The van der Waals surface area contributed by atoms with E-state index < -0.39 is 0 Å². The molecular weight excluding hydrogens is 502 g/mol. The molecule has 0 spiro atoms. The van der Waals surface area contributed by atoms with Crippen molar-refractivity contribution in [3.05, 3.63) is 90.3 Å². The van der Waals surface area contributed by atoms with Crippen molar-refractivity contribution < 1.29 is 12.4 Å². The second kappa shape index (κ2) is 12.0. The van der Waals surface area contributed by atoms with Crippen LogP contribution in [-0.4, -0.2) is 36.5 Å². The Morgan fingerprint density at radius 2 is 1.93 bits per heavy atom. The molecule has 0 aliphatic rings. The summed E-state index contributed by atoms with van der Waals surface area (Å²) in [6.45, 7) is 7.95. The molecule has 5 rings (SSSR count). The van der Waals surface area contributed by atoms with Crippen molar-refractivity contribution in [3.63, 3.8) is 0 Å². The first-order chi connectivity index (χ1) is 19.4. The lowest BCUT2D eigenvalue weighted by atomic mass is 9.95. The van der Waals surface area contributed by atoms with Gasteiger partial charge in [-0.1, -0.05) is 26.8 Å². The van der Waals surface area contributed by atoms with Crippen molar-refractivity contribution in [1.82, 2.24) is 29.4 Å².